The highest BCUT2D eigenvalue weighted by molar-refractivity contribution is 5.82. The predicted molar refractivity (Wildman–Crippen MR) is 131 cm³/mol. The number of rotatable bonds is 7. The van der Waals surface area contributed by atoms with Gasteiger partial charge in [-0.1, -0.05) is 44.7 Å². The molecule has 1 saturated carbocycles. The molecule has 186 valence electrons. The van der Waals surface area contributed by atoms with Gasteiger partial charge in [0, 0.05) is 18.9 Å². The number of likely N-dealkylation sites (tertiary alicyclic amines) is 1. The summed E-state index contributed by atoms with van der Waals surface area (Å²) in [6, 6.07) is 8.02. The molecule has 1 aromatic carbocycles. The minimum Gasteiger partial charge on any atom is -0.486 e. The van der Waals surface area contributed by atoms with Gasteiger partial charge in [-0.3, -0.25) is 9.59 Å². The molecular formula is C26H43N3O4. The van der Waals surface area contributed by atoms with Crippen LogP contribution < -0.4 is 20.5 Å². The van der Waals surface area contributed by atoms with Crippen molar-refractivity contribution in [1.82, 2.24) is 10.2 Å². The molecule has 1 aromatic rings. The van der Waals surface area contributed by atoms with Gasteiger partial charge in [0.05, 0.1) is 0 Å². The summed E-state index contributed by atoms with van der Waals surface area (Å²) in [6.45, 7) is 7.65. The van der Waals surface area contributed by atoms with Crippen LogP contribution in [0.4, 0.5) is 0 Å². The number of benzene rings is 1. The molecule has 7 nitrogen and oxygen atoms in total. The average molecular weight is 462 g/mol. The quantitative estimate of drug-likeness (QED) is 0.639. The number of para-hydroxylation sites is 2. The van der Waals surface area contributed by atoms with E-state index >= 15 is 0 Å². The van der Waals surface area contributed by atoms with Crippen molar-refractivity contribution in [2.45, 2.75) is 83.6 Å². The molecule has 0 atom stereocenters. The SMILES string of the molecule is CCCCN1CCCC1.NC(=O)CCC(=O)NC1CCCCC1.c1ccc2c(c1)OCCO2. The first kappa shape index (κ1) is 27.0. The smallest absolute Gasteiger partial charge is 0.220 e. The number of nitrogens with two attached hydrogens (primary N) is 1. The lowest BCUT2D eigenvalue weighted by Crippen LogP contribution is -2.36. The Morgan fingerprint density at radius 1 is 0.970 bits per heavy atom. The number of hydrogen-bond acceptors (Lipinski definition) is 5. The first-order valence-electron chi connectivity index (χ1n) is 12.7. The van der Waals surface area contributed by atoms with E-state index in [4.69, 9.17) is 15.2 Å². The minimum absolute atomic E-state index is 0.0456. The van der Waals surface area contributed by atoms with E-state index in [2.05, 4.69) is 17.1 Å². The molecule has 1 saturated heterocycles. The molecule has 0 spiro atoms. The van der Waals surface area contributed by atoms with E-state index in [1.54, 1.807) is 0 Å². The Bertz CT molecular complexity index is 661. The van der Waals surface area contributed by atoms with Crippen LogP contribution in [0.25, 0.3) is 0 Å². The fraction of sp³-hybridized carbons (Fsp3) is 0.692. The third kappa shape index (κ3) is 11.9. The molecule has 0 aromatic heterocycles. The summed E-state index contributed by atoms with van der Waals surface area (Å²) in [7, 11) is 0. The second-order valence-corrected chi connectivity index (χ2v) is 8.91. The normalized spacial score (nSPS) is 17.7. The Morgan fingerprint density at radius 2 is 1.58 bits per heavy atom. The standard InChI is InChI=1S/C10H18N2O2.C8H17N.C8H8O2/c11-9(13)6-7-10(14)12-8-4-2-1-3-5-8;1-2-3-6-9-7-4-5-8-9;1-2-4-8-7(3-1)9-5-6-10-8/h8H,1-7H2,(H2,11,13)(H,12,14);2-8H2,1H3;1-4H,5-6H2. The summed E-state index contributed by atoms with van der Waals surface area (Å²) < 4.78 is 10.6. The van der Waals surface area contributed by atoms with Gasteiger partial charge in [0.2, 0.25) is 11.8 Å². The van der Waals surface area contributed by atoms with Crippen LogP contribution in [0.2, 0.25) is 0 Å². The lowest BCUT2D eigenvalue weighted by molar-refractivity contribution is -0.125. The van der Waals surface area contributed by atoms with Crippen LogP contribution in [0.1, 0.15) is 77.6 Å². The molecule has 3 N–H and O–H groups in total. The molecule has 33 heavy (non-hydrogen) atoms. The predicted octanol–water partition coefficient (Wildman–Crippen LogP) is 4.04. The van der Waals surface area contributed by atoms with E-state index in [1.165, 1.54) is 64.6 Å². The lowest BCUT2D eigenvalue weighted by atomic mass is 9.95. The molecule has 4 rings (SSSR count). The first-order valence-corrected chi connectivity index (χ1v) is 12.7. The van der Waals surface area contributed by atoms with Gasteiger partial charge < -0.3 is 25.4 Å². The van der Waals surface area contributed by atoms with Gasteiger partial charge in [0.1, 0.15) is 13.2 Å². The zero-order valence-electron chi connectivity index (χ0n) is 20.4. The lowest BCUT2D eigenvalue weighted by Gasteiger charge is -2.22. The molecule has 0 unspecified atom stereocenters. The number of carbonyl (C=O) groups excluding carboxylic acids is 2. The van der Waals surface area contributed by atoms with E-state index < -0.39 is 5.91 Å². The van der Waals surface area contributed by atoms with Crippen LogP contribution in [-0.4, -0.2) is 55.6 Å². The van der Waals surface area contributed by atoms with E-state index in [9.17, 15) is 9.59 Å². The molecule has 3 aliphatic rings. The fourth-order valence-corrected chi connectivity index (χ4v) is 4.16. The van der Waals surface area contributed by atoms with Crippen molar-refractivity contribution < 1.29 is 19.1 Å². The highest BCUT2D eigenvalue weighted by atomic mass is 16.6. The zero-order chi connectivity index (χ0) is 23.7. The topological polar surface area (TPSA) is 93.9 Å². The maximum Gasteiger partial charge on any atom is 0.220 e. The number of primary amides is 1. The van der Waals surface area contributed by atoms with Crippen LogP contribution >= 0.6 is 0 Å². The molecule has 7 heteroatoms. The third-order valence-corrected chi connectivity index (χ3v) is 6.04. The van der Waals surface area contributed by atoms with Crippen molar-refractivity contribution in [3.8, 4) is 11.5 Å². The number of nitrogens with zero attached hydrogens (tertiary/aromatic N) is 1. The Balaban J connectivity index is 0.000000180. The third-order valence-electron chi connectivity index (χ3n) is 6.04. The molecule has 2 heterocycles. The molecule has 2 fully saturated rings. The second kappa shape index (κ2) is 16.4. The number of unbranched alkanes of at least 4 members (excludes halogenated alkanes) is 1. The van der Waals surface area contributed by atoms with Gasteiger partial charge in [-0.15, -0.1) is 0 Å². The summed E-state index contributed by atoms with van der Waals surface area (Å²) in [5.74, 6) is 1.25. The number of nitrogens with one attached hydrogen (secondary N) is 1. The molecule has 0 radical (unpaired) electrons. The van der Waals surface area contributed by atoms with Gasteiger partial charge in [0.25, 0.3) is 0 Å². The first-order chi connectivity index (χ1) is 16.1. The molecule has 1 aliphatic carbocycles. The Kier molecular flexibility index (Phi) is 13.4. The minimum atomic E-state index is -0.413. The van der Waals surface area contributed by atoms with Crippen molar-refractivity contribution in [3.63, 3.8) is 0 Å². The zero-order valence-corrected chi connectivity index (χ0v) is 20.4. The largest absolute Gasteiger partial charge is 0.486 e. The van der Waals surface area contributed by atoms with Gasteiger partial charge in [-0.25, -0.2) is 0 Å². The van der Waals surface area contributed by atoms with E-state index in [1.807, 2.05) is 24.3 Å². The maximum atomic E-state index is 11.3. The Morgan fingerprint density at radius 3 is 2.12 bits per heavy atom. The van der Waals surface area contributed by atoms with Crippen LogP contribution in [0.5, 0.6) is 11.5 Å². The second-order valence-electron chi connectivity index (χ2n) is 8.91. The Labute approximate surface area is 199 Å². The molecular weight excluding hydrogens is 418 g/mol. The van der Waals surface area contributed by atoms with Gasteiger partial charge >= 0.3 is 0 Å². The number of hydrogen-bond donors (Lipinski definition) is 2. The van der Waals surface area contributed by atoms with E-state index in [0.29, 0.717) is 19.3 Å². The van der Waals surface area contributed by atoms with Crippen LogP contribution in [0.3, 0.4) is 0 Å². The molecule has 2 amide bonds. The van der Waals surface area contributed by atoms with Gasteiger partial charge in [-0.05, 0) is 63.9 Å². The highest BCUT2D eigenvalue weighted by Gasteiger charge is 2.15. The van der Waals surface area contributed by atoms with Gasteiger partial charge in [-0.2, -0.15) is 0 Å². The van der Waals surface area contributed by atoms with Gasteiger partial charge in [0.15, 0.2) is 11.5 Å². The maximum absolute atomic E-state index is 11.3. The van der Waals surface area contributed by atoms with E-state index in [-0.39, 0.29) is 18.7 Å². The molecule has 2 aliphatic heterocycles. The van der Waals surface area contributed by atoms with E-state index in [0.717, 1.165) is 24.3 Å². The number of fused-ring (bicyclic) bond motifs is 1. The van der Waals surface area contributed by atoms with Crippen molar-refractivity contribution in [3.05, 3.63) is 24.3 Å². The van der Waals surface area contributed by atoms with Crippen molar-refractivity contribution in [1.29, 1.82) is 0 Å². The fourth-order valence-electron chi connectivity index (χ4n) is 4.16. The number of amides is 2. The monoisotopic (exact) mass is 461 g/mol. The summed E-state index contributed by atoms with van der Waals surface area (Å²) in [4.78, 5) is 24.3. The highest BCUT2D eigenvalue weighted by Crippen LogP contribution is 2.28. The number of carbonyl (C=O) groups is 2. The van der Waals surface area contributed by atoms with Crippen molar-refractivity contribution >= 4 is 11.8 Å². The van der Waals surface area contributed by atoms with Crippen LogP contribution in [0, 0.1) is 0 Å². The summed E-state index contributed by atoms with van der Waals surface area (Å²) in [6.07, 6.45) is 11.8. The van der Waals surface area contributed by atoms with Crippen LogP contribution in [0.15, 0.2) is 24.3 Å². The van der Waals surface area contributed by atoms with Crippen molar-refractivity contribution in [2.75, 3.05) is 32.8 Å². The average Bonchev–Trinajstić information content (AvgIpc) is 3.37. The van der Waals surface area contributed by atoms with Crippen molar-refractivity contribution in [2.24, 2.45) is 5.73 Å². The molecule has 0 bridgehead atoms. The van der Waals surface area contributed by atoms with Crippen LogP contribution in [-0.2, 0) is 9.59 Å². The number of ether oxygens (including phenoxy) is 2. The summed E-state index contributed by atoms with van der Waals surface area (Å²) >= 11 is 0. The summed E-state index contributed by atoms with van der Waals surface area (Å²) in [5.41, 5.74) is 4.95. The Hall–Kier alpha value is -2.28. The summed E-state index contributed by atoms with van der Waals surface area (Å²) in [5, 5.41) is 2.93.